The SMILES string of the molecule is CCCC(C)(NC(=O)c1cnc2c(cnn2Cc2ccc(OC)cc2OC)c1)C(=O)OC. The van der Waals surface area contributed by atoms with Gasteiger partial charge in [-0.25, -0.2) is 14.5 Å². The number of carbonyl (C=O) groups is 2. The van der Waals surface area contributed by atoms with Crippen molar-refractivity contribution in [2.24, 2.45) is 0 Å². The molecule has 0 aliphatic rings. The van der Waals surface area contributed by atoms with Crippen molar-refractivity contribution in [3.8, 4) is 11.5 Å². The van der Waals surface area contributed by atoms with Crippen LogP contribution in [-0.2, 0) is 16.1 Å². The van der Waals surface area contributed by atoms with Gasteiger partial charge in [0.1, 0.15) is 17.0 Å². The Morgan fingerprint density at radius 3 is 2.56 bits per heavy atom. The molecule has 2 heterocycles. The van der Waals surface area contributed by atoms with Crippen LogP contribution < -0.4 is 14.8 Å². The first-order valence-electron chi connectivity index (χ1n) is 10.3. The van der Waals surface area contributed by atoms with E-state index in [4.69, 9.17) is 14.2 Å². The summed E-state index contributed by atoms with van der Waals surface area (Å²) in [7, 11) is 4.51. The largest absolute Gasteiger partial charge is 0.497 e. The molecule has 0 fully saturated rings. The molecule has 9 nitrogen and oxygen atoms in total. The minimum Gasteiger partial charge on any atom is -0.497 e. The fourth-order valence-electron chi connectivity index (χ4n) is 3.62. The van der Waals surface area contributed by atoms with Crippen LogP contribution in [0, 0.1) is 0 Å². The van der Waals surface area contributed by atoms with E-state index in [-0.39, 0.29) is 0 Å². The summed E-state index contributed by atoms with van der Waals surface area (Å²) < 4.78 is 17.3. The zero-order valence-corrected chi connectivity index (χ0v) is 19.0. The van der Waals surface area contributed by atoms with Gasteiger partial charge in [0, 0.05) is 23.2 Å². The highest BCUT2D eigenvalue weighted by Crippen LogP contribution is 2.26. The van der Waals surface area contributed by atoms with Crippen LogP contribution in [0.25, 0.3) is 11.0 Å². The molecule has 1 aromatic carbocycles. The zero-order valence-electron chi connectivity index (χ0n) is 19.0. The van der Waals surface area contributed by atoms with Crippen molar-refractivity contribution in [2.45, 2.75) is 38.8 Å². The standard InChI is InChI=1S/C23H28N4O5/c1-6-9-23(2,22(29)32-5)26-21(28)17-10-16-13-25-27(20(16)24-12-17)14-15-7-8-18(30-3)11-19(15)31-4/h7-8,10-13H,6,9,14H2,1-5H3,(H,26,28). The van der Waals surface area contributed by atoms with Gasteiger partial charge in [-0.2, -0.15) is 5.10 Å². The molecule has 0 saturated heterocycles. The van der Waals surface area contributed by atoms with Crippen LogP contribution in [0.15, 0.2) is 36.7 Å². The lowest BCUT2D eigenvalue weighted by Crippen LogP contribution is -2.52. The van der Waals surface area contributed by atoms with Gasteiger partial charge in [-0.15, -0.1) is 0 Å². The predicted molar refractivity (Wildman–Crippen MR) is 119 cm³/mol. The highest BCUT2D eigenvalue weighted by Gasteiger charge is 2.35. The zero-order chi connectivity index (χ0) is 23.3. The average Bonchev–Trinajstić information content (AvgIpc) is 3.20. The Balaban J connectivity index is 1.85. The predicted octanol–water partition coefficient (Wildman–Crippen LogP) is 2.96. The van der Waals surface area contributed by atoms with E-state index in [1.165, 1.54) is 13.3 Å². The fraction of sp³-hybridized carbons (Fsp3) is 0.391. The van der Waals surface area contributed by atoms with Crippen molar-refractivity contribution in [3.05, 3.63) is 47.8 Å². The molecule has 0 bridgehead atoms. The van der Waals surface area contributed by atoms with Crippen molar-refractivity contribution in [1.82, 2.24) is 20.1 Å². The van der Waals surface area contributed by atoms with E-state index >= 15 is 0 Å². The second-order valence-electron chi connectivity index (χ2n) is 7.64. The molecule has 0 spiro atoms. The number of ether oxygens (including phenoxy) is 3. The smallest absolute Gasteiger partial charge is 0.331 e. The molecule has 0 saturated carbocycles. The number of benzene rings is 1. The quantitative estimate of drug-likeness (QED) is 0.510. The van der Waals surface area contributed by atoms with Crippen molar-refractivity contribution >= 4 is 22.9 Å². The molecule has 170 valence electrons. The number of rotatable bonds is 9. The molecule has 1 atom stereocenters. The van der Waals surface area contributed by atoms with Crippen LogP contribution in [0.2, 0.25) is 0 Å². The van der Waals surface area contributed by atoms with E-state index in [1.54, 1.807) is 38.1 Å². The van der Waals surface area contributed by atoms with Gasteiger partial charge >= 0.3 is 5.97 Å². The second-order valence-corrected chi connectivity index (χ2v) is 7.64. The first-order chi connectivity index (χ1) is 15.3. The summed E-state index contributed by atoms with van der Waals surface area (Å²) in [6.45, 7) is 4.03. The molecule has 1 N–H and O–H groups in total. The highest BCUT2D eigenvalue weighted by atomic mass is 16.5. The monoisotopic (exact) mass is 440 g/mol. The molecule has 9 heteroatoms. The van der Waals surface area contributed by atoms with Crippen LogP contribution in [-0.4, -0.2) is 53.5 Å². The number of methoxy groups -OCH3 is 3. The van der Waals surface area contributed by atoms with Crippen molar-refractivity contribution < 1.29 is 23.8 Å². The molecule has 1 unspecified atom stereocenters. The molecule has 32 heavy (non-hydrogen) atoms. The maximum absolute atomic E-state index is 12.8. The maximum atomic E-state index is 12.8. The summed E-state index contributed by atoms with van der Waals surface area (Å²) in [5.41, 5.74) is 0.773. The van der Waals surface area contributed by atoms with E-state index < -0.39 is 17.4 Å². The third kappa shape index (κ3) is 4.66. The number of hydrogen-bond acceptors (Lipinski definition) is 7. The number of carbonyl (C=O) groups excluding carboxylic acids is 2. The molecular weight excluding hydrogens is 412 g/mol. The lowest BCUT2D eigenvalue weighted by atomic mass is 9.95. The number of nitrogens with zero attached hydrogens (tertiary/aromatic N) is 3. The van der Waals surface area contributed by atoms with Gasteiger partial charge in [-0.3, -0.25) is 4.79 Å². The Morgan fingerprint density at radius 1 is 1.12 bits per heavy atom. The number of amides is 1. The summed E-state index contributed by atoms with van der Waals surface area (Å²) in [4.78, 5) is 29.5. The molecule has 3 rings (SSSR count). The Hall–Kier alpha value is -3.62. The normalized spacial score (nSPS) is 12.8. The number of esters is 1. The average molecular weight is 441 g/mol. The van der Waals surface area contributed by atoms with E-state index in [9.17, 15) is 9.59 Å². The fourth-order valence-corrected chi connectivity index (χ4v) is 3.62. The first kappa shape index (κ1) is 23.1. The van der Waals surface area contributed by atoms with Gasteiger partial charge < -0.3 is 19.5 Å². The van der Waals surface area contributed by atoms with Crippen LogP contribution in [0.3, 0.4) is 0 Å². The lowest BCUT2D eigenvalue weighted by molar-refractivity contribution is -0.147. The summed E-state index contributed by atoms with van der Waals surface area (Å²) >= 11 is 0. The summed E-state index contributed by atoms with van der Waals surface area (Å²) in [6.07, 6.45) is 4.30. The van der Waals surface area contributed by atoms with Crippen LogP contribution in [0.1, 0.15) is 42.6 Å². The first-order valence-corrected chi connectivity index (χ1v) is 10.3. The van der Waals surface area contributed by atoms with Gasteiger partial charge in [-0.05, 0) is 31.5 Å². The topological polar surface area (TPSA) is 105 Å². The molecule has 1 amide bonds. The van der Waals surface area contributed by atoms with Crippen molar-refractivity contribution in [1.29, 1.82) is 0 Å². The number of fused-ring (bicyclic) bond motifs is 1. The molecule has 0 aliphatic carbocycles. The highest BCUT2D eigenvalue weighted by molar-refractivity contribution is 5.99. The van der Waals surface area contributed by atoms with Crippen LogP contribution >= 0.6 is 0 Å². The maximum Gasteiger partial charge on any atom is 0.331 e. The van der Waals surface area contributed by atoms with Gasteiger partial charge in [0.05, 0.1) is 39.6 Å². The molecule has 3 aromatic rings. The minimum absolute atomic E-state index is 0.338. The van der Waals surface area contributed by atoms with Crippen molar-refractivity contribution in [3.63, 3.8) is 0 Å². The van der Waals surface area contributed by atoms with E-state index in [2.05, 4.69) is 15.4 Å². The third-order valence-electron chi connectivity index (χ3n) is 5.33. The Kier molecular flexibility index (Phi) is 6.97. The molecule has 2 aromatic heterocycles. The van der Waals surface area contributed by atoms with Gasteiger partial charge in [0.2, 0.25) is 0 Å². The Bertz CT molecular complexity index is 1130. The summed E-state index contributed by atoms with van der Waals surface area (Å²) in [5.74, 6) is 0.502. The number of hydrogen-bond donors (Lipinski definition) is 1. The number of nitrogens with one attached hydrogen (secondary N) is 1. The molecule has 0 aliphatic heterocycles. The van der Waals surface area contributed by atoms with Gasteiger partial charge in [0.15, 0.2) is 5.65 Å². The minimum atomic E-state index is -1.11. The van der Waals surface area contributed by atoms with E-state index in [1.807, 2.05) is 25.1 Å². The third-order valence-corrected chi connectivity index (χ3v) is 5.33. The van der Waals surface area contributed by atoms with Gasteiger partial charge in [-0.1, -0.05) is 13.3 Å². The lowest BCUT2D eigenvalue weighted by Gasteiger charge is -2.27. The van der Waals surface area contributed by atoms with Crippen LogP contribution in [0.4, 0.5) is 0 Å². The number of aromatic nitrogens is 3. The second kappa shape index (κ2) is 9.67. The van der Waals surface area contributed by atoms with E-state index in [0.717, 1.165) is 5.56 Å². The Morgan fingerprint density at radius 2 is 1.91 bits per heavy atom. The Labute approximate surface area is 186 Å². The van der Waals surface area contributed by atoms with Gasteiger partial charge in [0.25, 0.3) is 5.91 Å². The number of pyridine rings is 1. The van der Waals surface area contributed by atoms with E-state index in [0.29, 0.717) is 47.5 Å². The molecule has 0 radical (unpaired) electrons. The van der Waals surface area contributed by atoms with Crippen LogP contribution in [0.5, 0.6) is 11.5 Å². The summed E-state index contributed by atoms with van der Waals surface area (Å²) in [6, 6.07) is 7.28. The van der Waals surface area contributed by atoms with Crippen molar-refractivity contribution in [2.75, 3.05) is 21.3 Å². The molecular formula is C23H28N4O5. The summed E-state index contributed by atoms with van der Waals surface area (Å²) in [5, 5.41) is 7.91.